The fraction of sp³-hybridized carbons (Fsp3) is 0.154. The van der Waals surface area contributed by atoms with Crippen LogP contribution in [0.4, 0.5) is 4.39 Å². The number of halogens is 2. The Balaban J connectivity index is 2.14. The van der Waals surface area contributed by atoms with Crippen molar-refractivity contribution < 1.29 is 4.39 Å². The summed E-state index contributed by atoms with van der Waals surface area (Å²) < 4.78 is 15.6. The van der Waals surface area contributed by atoms with Gasteiger partial charge in [-0.2, -0.15) is 0 Å². The molecule has 0 N–H and O–H groups in total. The van der Waals surface area contributed by atoms with E-state index >= 15 is 0 Å². The third kappa shape index (κ3) is 2.17. The molecule has 6 heteroatoms. The monoisotopic (exact) mass is 276 g/mol. The predicted molar refractivity (Wildman–Crippen MR) is 70.4 cm³/mol. The van der Waals surface area contributed by atoms with Crippen molar-refractivity contribution in [3.63, 3.8) is 0 Å². The first-order chi connectivity index (χ1) is 9.29. The van der Waals surface area contributed by atoms with Gasteiger partial charge in [0.1, 0.15) is 17.7 Å². The van der Waals surface area contributed by atoms with Gasteiger partial charge in [0.15, 0.2) is 5.82 Å². The van der Waals surface area contributed by atoms with Crippen LogP contribution in [0.2, 0.25) is 0 Å². The highest BCUT2D eigenvalue weighted by Gasteiger charge is 2.13. The fourth-order valence-electron chi connectivity index (χ4n) is 2.01. The molecule has 2 heterocycles. The van der Waals surface area contributed by atoms with E-state index in [1.807, 2.05) is 16.7 Å². The Morgan fingerprint density at radius 2 is 2.16 bits per heavy atom. The van der Waals surface area contributed by atoms with Crippen LogP contribution in [-0.4, -0.2) is 19.5 Å². The summed E-state index contributed by atoms with van der Waals surface area (Å²) in [5.74, 6) is 0.504. The molecule has 0 unspecified atom stereocenters. The van der Waals surface area contributed by atoms with Crippen LogP contribution in [0.15, 0.2) is 36.8 Å². The second-order valence-corrected chi connectivity index (χ2v) is 4.32. The van der Waals surface area contributed by atoms with Crippen molar-refractivity contribution >= 4 is 22.6 Å². The van der Waals surface area contributed by atoms with Crippen LogP contribution in [0.25, 0.3) is 11.0 Å². The number of alkyl halides is 1. The molecule has 0 atom stereocenters. The Labute approximate surface area is 113 Å². The van der Waals surface area contributed by atoms with E-state index in [1.54, 1.807) is 12.3 Å². The summed E-state index contributed by atoms with van der Waals surface area (Å²) in [6, 6.07) is 6.68. The Hall–Kier alpha value is -2.01. The molecule has 96 valence electrons. The number of nitrogens with zero attached hydrogens (tertiary/aromatic N) is 4. The summed E-state index contributed by atoms with van der Waals surface area (Å²) >= 11 is 5.88. The first kappa shape index (κ1) is 12.0. The van der Waals surface area contributed by atoms with Gasteiger partial charge in [-0.05, 0) is 18.2 Å². The van der Waals surface area contributed by atoms with Crippen LogP contribution >= 0.6 is 11.6 Å². The lowest BCUT2D eigenvalue weighted by atomic mass is 10.3. The van der Waals surface area contributed by atoms with Crippen LogP contribution in [-0.2, 0) is 12.4 Å². The first-order valence-electron chi connectivity index (χ1n) is 5.74. The maximum absolute atomic E-state index is 13.7. The summed E-state index contributed by atoms with van der Waals surface area (Å²) in [5, 5.41) is 0. The number of imidazole rings is 1. The maximum Gasteiger partial charge on any atom is 0.151 e. The number of aromatic nitrogens is 4. The average molecular weight is 277 g/mol. The molecule has 0 aliphatic carbocycles. The fourth-order valence-corrected chi connectivity index (χ4v) is 2.22. The van der Waals surface area contributed by atoms with E-state index in [9.17, 15) is 4.39 Å². The molecule has 2 aromatic heterocycles. The summed E-state index contributed by atoms with van der Waals surface area (Å²) in [5.41, 5.74) is 1.88. The van der Waals surface area contributed by atoms with E-state index in [0.29, 0.717) is 23.4 Å². The number of para-hydroxylation sites is 1. The van der Waals surface area contributed by atoms with Crippen molar-refractivity contribution in [3.8, 4) is 0 Å². The van der Waals surface area contributed by atoms with E-state index in [-0.39, 0.29) is 11.7 Å². The van der Waals surface area contributed by atoms with Crippen molar-refractivity contribution in [3.05, 3.63) is 54.1 Å². The second kappa shape index (κ2) is 4.93. The number of fused-ring (bicyclic) bond motifs is 1. The summed E-state index contributed by atoms with van der Waals surface area (Å²) in [7, 11) is 0. The average Bonchev–Trinajstić information content (AvgIpc) is 2.80. The van der Waals surface area contributed by atoms with Crippen molar-refractivity contribution in [1.29, 1.82) is 0 Å². The quantitative estimate of drug-likeness (QED) is 0.691. The van der Waals surface area contributed by atoms with E-state index in [2.05, 4.69) is 15.0 Å². The minimum atomic E-state index is -0.342. The highest BCUT2D eigenvalue weighted by molar-refractivity contribution is 6.16. The van der Waals surface area contributed by atoms with Crippen molar-refractivity contribution in [2.75, 3.05) is 0 Å². The number of rotatable bonds is 3. The first-order valence-corrected chi connectivity index (χ1v) is 6.27. The lowest BCUT2D eigenvalue weighted by Gasteiger charge is -2.06. The van der Waals surface area contributed by atoms with Crippen molar-refractivity contribution in [2.45, 2.75) is 12.4 Å². The molecular weight excluding hydrogens is 267 g/mol. The highest BCUT2D eigenvalue weighted by Crippen LogP contribution is 2.21. The number of hydrogen-bond donors (Lipinski definition) is 0. The van der Waals surface area contributed by atoms with E-state index in [0.717, 1.165) is 5.69 Å². The van der Waals surface area contributed by atoms with Crippen LogP contribution < -0.4 is 0 Å². The van der Waals surface area contributed by atoms with Gasteiger partial charge in [0, 0.05) is 6.20 Å². The van der Waals surface area contributed by atoms with Crippen LogP contribution in [0, 0.1) is 5.82 Å². The molecule has 0 aliphatic rings. The molecule has 0 saturated heterocycles. The zero-order valence-corrected chi connectivity index (χ0v) is 10.7. The summed E-state index contributed by atoms with van der Waals surface area (Å²) in [6.45, 7) is 0.491. The lowest BCUT2D eigenvalue weighted by molar-refractivity contribution is 0.637. The largest absolute Gasteiger partial charge is 0.321 e. The predicted octanol–water partition coefficient (Wildman–Crippen LogP) is 2.75. The molecule has 0 amide bonds. The van der Waals surface area contributed by atoms with Crippen LogP contribution in [0.5, 0.6) is 0 Å². The molecule has 0 radical (unpaired) electrons. The molecule has 19 heavy (non-hydrogen) atoms. The van der Waals surface area contributed by atoms with Crippen molar-refractivity contribution in [2.24, 2.45) is 0 Å². The van der Waals surface area contributed by atoms with E-state index in [1.165, 1.54) is 12.4 Å². The third-order valence-electron chi connectivity index (χ3n) is 2.89. The van der Waals surface area contributed by atoms with Gasteiger partial charge in [0.05, 0.1) is 23.6 Å². The lowest BCUT2D eigenvalue weighted by Crippen LogP contribution is -2.05. The van der Waals surface area contributed by atoms with E-state index < -0.39 is 0 Å². The molecule has 1 aromatic carbocycles. The highest BCUT2D eigenvalue weighted by atomic mass is 35.5. The molecule has 3 aromatic rings. The van der Waals surface area contributed by atoms with Crippen molar-refractivity contribution in [1.82, 2.24) is 19.5 Å². The molecule has 4 nitrogen and oxygen atoms in total. The van der Waals surface area contributed by atoms with E-state index in [4.69, 9.17) is 11.6 Å². The smallest absolute Gasteiger partial charge is 0.151 e. The second-order valence-electron chi connectivity index (χ2n) is 4.06. The molecule has 0 fully saturated rings. The summed E-state index contributed by atoms with van der Waals surface area (Å²) in [4.78, 5) is 12.3. The number of benzene rings is 1. The Morgan fingerprint density at radius 1 is 1.26 bits per heavy atom. The molecule has 0 spiro atoms. The van der Waals surface area contributed by atoms with Gasteiger partial charge >= 0.3 is 0 Å². The minimum absolute atomic E-state index is 0.221. The van der Waals surface area contributed by atoms with Gasteiger partial charge < -0.3 is 4.57 Å². The zero-order valence-electron chi connectivity index (χ0n) is 9.92. The normalized spacial score (nSPS) is 11.1. The Bertz CT molecular complexity index is 711. The zero-order chi connectivity index (χ0) is 13.2. The van der Waals surface area contributed by atoms with Gasteiger partial charge in [-0.25, -0.2) is 19.3 Å². The van der Waals surface area contributed by atoms with Gasteiger partial charge in [-0.15, -0.1) is 11.6 Å². The Morgan fingerprint density at radius 3 is 2.89 bits per heavy atom. The van der Waals surface area contributed by atoms with Gasteiger partial charge in [-0.3, -0.25) is 0 Å². The topological polar surface area (TPSA) is 43.6 Å². The molecule has 0 aliphatic heterocycles. The third-order valence-corrected chi connectivity index (χ3v) is 3.13. The SMILES string of the molecule is Fc1cccc2c1nc(CCl)n2Cc1ccncn1. The van der Waals surface area contributed by atoms with Gasteiger partial charge in [0.2, 0.25) is 0 Å². The maximum atomic E-state index is 13.7. The van der Waals surface area contributed by atoms with Gasteiger partial charge in [0.25, 0.3) is 0 Å². The molecular formula is C13H10ClFN4. The van der Waals surface area contributed by atoms with Crippen LogP contribution in [0.1, 0.15) is 11.5 Å². The molecule has 0 bridgehead atoms. The molecule has 0 saturated carbocycles. The summed E-state index contributed by atoms with van der Waals surface area (Å²) in [6.07, 6.45) is 3.15. The molecule has 3 rings (SSSR count). The number of hydrogen-bond acceptors (Lipinski definition) is 3. The Kier molecular flexibility index (Phi) is 3.13. The standard InChI is InChI=1S/C13H10ClFN4/c14-6-12-18-13-10(15)2-1-3-11(13)19(12)7-9-4-5-16-8-17-9/h1-5,8H,6-7H2. The van der Waals surface area contributed by atoms with Crippen LogP contribution in [0.3, 0.4) is 0 Å². The minimum Gasteiger partial charge on any atom is -0.321 e. The van der Waals surface area contributed by atoms with Gasteiger partial charge in [-0.1, -0.05) is 6.07 Å².